The highest BCUT2D eigenvalue weighted by atomic mass is 16.5. The number of anilines is 2. The predicted molar refractivity (Wildman–Crippen MR) is 67.8 cm³/mol. The van der Waals surface area contributed by atoms with E-state index in [-0.39, 0.29) is 12.2 Å². The molecule has 0 amide bonds. The van der Waals surface area contributed by atoms with Crippen LogP contribution in [0, 0.1) is 11.3 Å². The Labute approximate surface area is 102 Å². The highest BCUT2D eigenvalue weighted by Crippen LogP contribution is 2.27. The van der Waals surface area contributed by atoms with Crippen LogP contribution in [-0.2, 0) is 4.74 Å². The first-order valence-electron chi connectivity index (χ1n) is 5.80. The molecule has 0 aliphatic carbocycles. The van der Waals surface area contributed by atoms with E-state index in [0.717, 1.165) is 18.8 Å². The fourth-order valence-electron chi connectivity index (χ4n) is 2.32. The van der Waals surface area contributed by atoms with E-state index >= 15 is 0 Å². The molecule has 90 valence electrons. The highest BCUT2D eigenvalue weighted by Gasteiger charge is 2.24. The predicted octanol–water partition coefficient (Wildman–Crippen LogP) is 1.75. The Kier molecular flexibility index (Phi) is 3.21. The van der Waals surface area contributed by atoms with Crippen molar-refractivity contribution in [2.45, 2.75) is 26.1 Å². The van der Waals surface area contributed by atoms with E-state index in [4.69, 9.17) is 10.5 Å². The number of nitrogens with zero attached hydrogens (tertiary/aromatic N) is 2. The molecule has 1 aromatic rings. The van der Waals surface area contributed by atoms with E-state index in [1.807, 2.05) is 26.0 Å². The number of ether oxygens (including phenoxy) is 1. The van der Waals surface area contributed by atoms with Gasteiger partial charge in [-0.3, -0.25) is 0 Å². The minimum atomic E-state index is 0.173. The summed E-state index contributed by atoms with van der Waals surface area (Å²) in [5.74, 6) is 0. The van der Waals surface area contributed by atoms with Gasteiger partial charge in [-0.05, 0) is 26.0 Å². The second kappa shape index (κ2) is 4.64. The topological polar surface area (TPSA) is 62.3 Å². The van der Waals surface area contributed by atoms with Crippen molar-refractivity contribution in [2.24, 2.45) is 0 Å². The molecule has 0 spiro atoms. The van der Waals surface area contributed by atoms with Crippen molar-refractivity contribution in [3.05, 3.63) is 23.8 Å². The molecule has 1 saturated heterocycles. The summed E-state index contributed by atoms with van der Waals surface area (Å²) in [4.78, 5) is 2.17. The molecule has 1 aliphatic heterocycles. The van der Waals surface area contributed by atoms with E-state index in [1.54, 1.807) is 6.07 Å². The molecule has 1 aliphatic rings. The Hall–Kier alpha value is -1.73. The third kappa shape index (κ3) is 2.34. The maximum Gasteiger partial charge on any atom is 0.104 e. The molecule has 2 N–H and O–H groups in total. The summed E-state index contributed by atoms with van der Waals surface area (Å²) in [5, 5.41) is 9.17. The largest absolute Gasteiger partial charge is 0.398 e. The number of nitrogen functional groups attached to an aromatic ring is 1. The molecular formula is C13H17N3O. The van der Waals surface area contributed by atoms with Crippen LogP contribution in [0.15, 0.2) is 18.2 Å². The van der Waals surface area contributed by atoms with Crippen molar-refractivity contribution < 1.29 is 4.74 Å². The maximum atomic E-state index is 9.17. The first-order valence-corrected chi connectivity index (χ1v) is 5.80. The molecule has 0 saturated carbocycles. The van der Waals surface area contributed by atoms with Crippen LogP contribution in [0.4, 0.5) is 11.4 Å². The molecule has 1 fully saturated rings. The van der Waals surface area contributed by atoms with Crippen LogP contribution in [0.2, 0.25) is 0 Å². The Morgan fingerprint density at radius 3 is 2.59 bits per heavy atom. The summed E-state index contributed by atoms with van der Waals surface area (Å²) < 4.78 is 5.69. The lowest BCUT2D eigenvalue weighted by Gasteiger charge is -2.37. The third-order valence-corrected chi connectivity index (χ3v) is 2.95. The average Bonchev–Trinajstić information content (AvgIpc) is 2.27. The van der Waals surface area contributed by atoms with Crippen molar-refractivity contribution in [3.63, 3.8) is 0 Å². The summed E-state index contributed by atoms with van der Waals surface area (Å²) in [5.41, 5.74) is 7.84. The zero-order valence-corrected chi connectivity index (χ0v) is 10.2. The Bertz CT molecular complexity index is 442. The summed E-state index contributed by atoms with van der Waals surface area (Å²) >= 11 is 0. The van der Waals surface area contributed by atoms with Gasteiger partial charge in [-0.15, -0.1) is 0 Å². The van der Waals surface area contributed by atoms with Crippen LogP contribution in [0.25, 0.3) is 0 Å². The summed E-state index contributed by atoms with van der Waals surface area (Å²) in [7, 11) is 0. The molecule has 0 radical (unpaired) electrons. The standard InChI is InChI=1S/C13H17N3O/c1-9-7-16(8-10(2)17-9)13-5-3-4-12(15)11(13)6-14/h3-5,9-10H,7-8,15H2,1-2H3. The smallest absolute Gasteiger partial charge is 0.104 e. The van der Waals surface area contributed by atoms with E-state index in [2.05, 4.69) is 11.0 Å². The summed E-state index contributed by atoms with van der Waals surface area (Å²) in [6.07, 6.45) is 0.346. The van der Waals surface area contributed by atoms with Gasteiger partial charge < -0.3 is 15.4 Å². The first kappa shape index (κ1) is 11.7. The van der Waals surface area contributed by atoms with Gasteiger partial charge in [0.25, 0.3) is 0 Å². The number of hydrogen-bond acceptors (Lipinski definition) is 4. The Balaban J connectivity index is 2.34. The van der Waals surface area contributed by atoms with Gasteiger partial charge in [0.05, 0.1) is 29.1 Å². The van der Waals surface area contributed by atoms with Crippen molar-refractivity contribution in [3.8, 4) is 6.07 Å². The van der Waals surface area contributed by atoms with Gasteiger partial charge in [-0.1, -0.05) is 6.07 Å². The molecule has 1 aromatic carbocycles. The molecular weight excluding hydrogens is 214 g/mol. The zero-order chi connectivity index (χ0) is 12.4. The zero-order valence-electron chi connectivity index (χ0n) is 10.2. The number of nitriles is 1. The van der Waals surface area contributed by atoms with Gasteiger partial charge >= 0.3 is 0 Å². The van der Waals surface area contributed by atoms with E-state index in [9.17, 15) is 5.26 Å². The maximum absolute atomic E-state index is 9.17. The van der Waals surface area contributed by atoms with E-state index in [0.29, 0.717) is 11.3 Å². The van der Waals surface area contributed by atoms with Crippen molar-refractivity contribution in [1.82, 2.24) is 0 Å². The van der Waals surface area contributed by atoms with Gasteiger partial charge in [0.2, 0.25) is 0 Å². The van der Waals surface area contributed by atoms with Crippen LogP contribution in [-0.4, -0.2) is 25.3 Å². The van der Waals surface area contributed by atoms with Crippen molar-refractivity contribution in [2.75, 3.05) is 23.7 Å². The lowest BCUT2D eigenvalue weighted by Crippen LogP contribution is -2.45. The van der Waals surface area contributed by atoms with Crippen LogP contribution in [0.3, 0.4) is 0 Å². The van der Waals surface area contributed by atoms with Gasteiger partial charge in [-0.25, -0.2) is 0 Å². The quantitative estimate of drug-likeness (QED) is 0.748. The molecule has 2 rings (SSSR count). The van der Waals surface area contributed by atoms with E-state index < -0.39 is 0 Å². The summed E-state index contributed by atoms with van der Waals surface area (Å²) in [6, 6.07) is 7.77. The minimum Gasteiger partial charge on any atom is -0.398 e. The molecule has 1 heterocycles. The SMILES string of the molecule is CC1CN(c2cccc(N)c2C#N)CC(C)O1. The van der Waals surface area contributed by atoms with Crippen LogP contribution in [0.1, 0.15) is 19.4 Å². The van der Waals surface area contributed by atoms with Gasteiger partial charge in [0.15, 0.2) is 0 Å². The molecule has 17 heavy (non-hydrogen) atoms. The van der Waals surface area contributed by atoms with Gasteiger partial charge in [-0.2, -0.15) is 5.26 Å². The fraction of sp³-hybridized carbons (Fsp3) is 0.462. The van der Waals surface area contributed by atoms with Crippen LogP contribution in [0.5, 0.6) is 0 Å². The Morgan fingerprint density at radius 2 is 2.00 bits per heavy atom. The van der Waals surface area contributed by atoms with Crippen molar-refractivity contribution >= 4 is 11.4 Å². The second-order valence-electron chi connectivity index (χ2n) is 4.52. The second-order valence-corrected chi connectivity index (χ2v) is 4.52. The summed E-state index contributed by atoms with van der Waals surface area (Å²) in [6.45, 7) is 5.67. The molecule has 4 nitrogen and oxygen atoms in total. The average molecular weight is 231 g/mol. The Morgan fingerprint density at radius 1 is 1.35 bits per heavy atom. The number of nitrogens with two attached hydrogens (primary N) is 1. The van der Waals surface area contributed by atoms with Crippen molar-refractivity contribution in [1.29, 1.82) is 5.26 Å². The lowest BCUT2D eigenvalue weighted by molar-refractivity contribution is -0.00522. The number of hydrogen-bond donors (Lipinski definition) is 1. The van der Waals surface area contributed by atoms with Gasteiger partial charge in [0.1, 0.15) is 6.07 Å². The minimum absolute atomic E-state index is 0.173. The van der Waals surface area contributed by atoms with E-state index in [1.165, 1.54) is 0 Å². The monoisotopic (exact) mass is 231 g/mol. The lowest BCUT2D eigenvalue weighted by atomic mass is 10.1. The highest BCUT2D eigenvalue weighted by molar-refractivity contribution is 5.70. The number of morpholine rings is 1. The van der Waals surface area contributed by atoms with Gasteiger partial charge in [0, 0.05) is 13.1 Å². The molecule has 0 aromatic heterocycles. The molecule has 4 heteroatoms. The van der Waals surface area contributed by atoms with Crippen LogP contribution < -0.4 is 10.6 Å². The number of rotatable bonds is 1. The third-order valence-electron chi connectivity index (χ3n) is 2.95. The first-order chi connectivity index (χ1) is 8.11. The molecule has 2 atom stereocenters. The molecule has 2 unspecified atom stereocenters. The fourth-order valence-corrected chi connectivity index (χ4v) is 2.32. The molecule has 0 bridgehead atoms. The normalized spacial score (nSPS) is 24.4. The van der Waals surface area contributed by atoms with Crippen LogP contribution >= 0.6 is 0 Å². The number of benzene rings is 1.